The van der Waals surface area contributed by atoms with Crippen LogP contribution in [0.1, 0.15) is 49.4 Å². The maximum atomic E-state index is 12.4. The van der Waals surface area contributed by atoms with Crippen LogP contribution in [-0.4, -0.2) is 60.8 Å². The first kappa shape index (κ1) is 26.9. The molecule has 1 aromatic heterocycles. The predicted molar refractivity (Wildman–Crippen MR) is 125 cm³/mol. The highest BCUT2D eigenvalue weighted by Gasteiger charge is 2.31. The molecular formula is C23H33F3N6O3. The van der Waals surface area contributed by atoms with E-state index in [1.165, 1.54) is 18.6 Å². The molecule has 1 aliphatic carbocycles. The second kappa shape index (κ2) is 14.0. The van der Waals surface area contributed by atoms with Crippen molar-refractivity contribution in [3.8, 4) is 5.75 Å². The third kappa shape index (κ3) is 10.2. The number of anilines is 2. The van der Waals surface area contributed by atoms with Crippen LogP contribution in [0.5, 0.6) is 5.75 Å². The Balaban J connectivity index is 1.57. The molecule has 9 nitrogen and oxygen atoms in total. The van der Waals surface area contributed by atoms with E-state index in [-0.39, 0.29) is 11.7 Å². The van der Waals surface area contributed by atoms with E-state index in [1.807, 2.05) is 0 Å². The number of ether oxygens (including phenoxy) is 3. The van der Waals surface area contributed by atoms with Gasteiger partial charge in [0, 0.05) is 25.6 Å². The molecule has 0 saturated heterocycles. The average Bonchev–Trinajstić information content (AvgIpc) is 2.85. The van der Waals surface area contributed by atoms with Crippen molar-refractivity contribution in [3.63, 3.8) is 0 Å². The first-order chi connectivity index (χ1) is 16.9. The van der Waals surface area contributed by atoms with E-state index in [0.717, 1.165) is 37.1 Å². The zero-order valence-corrected chi connectivity index (χ0v) is 19.6. The molecular weight excluding hydrogens is 465 g/mol. The fraction of sp³-hybridized carbons (Fsp3) is 0.609. The molecule has 0 spiro atoms. The summed E-state index contributed by atoms with van der Waals surface area (Å²) in [5.74, 6) is 1.63. The summed E-state index contributed by atoms with van der Waals surface area (Å²) in [6.45, 7) is 3.29. The lowest BCUT2D eigenvalue weighted by Gasteiger charge is -2.21. The highest BCUT2D eigenvalue weighted by atomic mass is 19.4. The van der Waals surface area contributed by atoms with Gasteiger partial charge in [0.05, 0.1) is 26.4 Å². The van der Waals surface area contributed by atoms with E-state index >= 15 is 0 Å². The van der Waals surface area contributed by atoms with E-state index in [0.29, 0.717) is 58.0 Å². The molecule has 1 aliphatic rings. The van der Waals surface area contributed by atoms with Gasteiger partial charge in [0.1, 0.15) is 11.6 Å². The fourth-order valence-corrected chi connectivity index (χ4v) is 3.72. The molecule has 35 heavy (non-hydrogen) atoms. The Hall–Kier alpha value is -2.70. The van der Waals surface area contributed by atoms with Gasteiger partial charge in [-0.15, -0.1) is 13.2 Å². The second-order valence-corrected chi connectivity index (χ2v) is 8.16. The van der Waals surface area contributed by atoms with Gasteiger partial charge in [-0.25, -0.2) is 0 Å². The van der Waals surface area contributed by atoms with Gasteiger partial charge < -0.3 is 30.6 Å². The molecule has 0 radical (unpaired) electrons. The number of nitrogens with one attached hydrogen (secondary N) is 2. The number of halogens is 3. The van der Waals surface area contributed by atoms with Crippen LogP contribution in [0.25, 0.3) is 0 Å². The SMILES string of the molecule is NCCOCCOCCNc1nc(NCc2ccc(OC(F)(F)F)cc2)nc(C2CCCCC2)n1. The summed E-state index contributed by atoms with van der Waals surface area (Å²) in [6, 6.07) is 5.68. The minimum absolute atomic E-state index is 0.263. The van der Waals surface area contributed by atoms with Crippen LogP contribution < -0.4 is 21.1 Å². The highest BCUT2D eigenvalue weighted by Crippen LogP contribution is 2.31. The summed E-state index contributed by atoms with van der Waals surface area (Å²) in [5, 5.41) is 6.34. The average molecular weight is 499 g/mol. The molecule has 4 N–H and O–H groups in total. The number of alkyl halides is 3. The quantitative estimate of drug-likeness (QED) is 0.334. The first-order valence-electron chi connectivity index (χ1n) is 11.9. The zero-order chi connectivity index (χ0) is 24.9. The number of hydrogen-bond donors (Lipinski definition) is 3. The molecule has 0 aliphatic heterocycles. The largest absolute Gasteiger partial charge is 0.573 e. The summed E-state index contributed by atoms with van der Waals surface area (Å²) in [6.07, 6.45) is 0.874. The summed E-state index contributed by atoms with van der Waals surface area (Å²) in [7, 11) is 0. The van der Waals surface area contributed by atoms with Crippen molar-refractivity contribution in [1.29, 1.82) is 0 Å². The Morgan fingerprint density at radius 3 is 2.17 bits per heavy atom. The van der Waals surface area contributed by atoms with Crippen molar-refractivity contribution < 1.29 is 27.4 Å². The minimum atomic E-state index is -4.72. The smallest absolute Gasteiger partial charge is 0.406 e. The second-order valence-electron chi connectivity index (χ2n) is 8.16. The van der Waals surface area contributed by atoms with Crippen molar-refractivity contribution in [2.45, 2.75) is 50.9 Å². The van der Waals surface area contributed by atoms with Crippen LogP contribution in [0, 0.1) is 0 Å². The summed E-state index contributed by atoms with van der Waals surface area (Å²) >= 11 is 0. The number of rotatable bonds is 14. The van der Waals surface area contributed by atoms with E-state index in [4.69, 9.17) is 15.2 Å². The lowest BCUT2D eigenvalue weighted by molar-refractivity contribution is -0.274. The number of nitrogens with zero attached hydrogens (tertiary/aromatic N) is 3. The molecule has 1 heterocycles. The highest BCUT2D eigenvalue weighted by molar-refractivity contribution is 5.37. The molecule has 0 unspecified atom stereocenters. The van der Waals surface area contributed by atoms with Crippen LogP contribution in [0.4, 0.5) is 25.1 Å². The van der Waals surface area contributed by atoms with Crippen LogP contribution >= 0.6 is 0 Å². The van der Waals surface area contributed by atoms with Crippen molar-refractivity contribution in [2.75, 3.05) is 50.2 Å². The number of hydrogen-bond acceptors (Lipinski definition) is 9. The van der Waals surface area contributed by atoms with Gasteiger partial charge in [-0.3, -0.25) is 0 Å². The molecule has 0 bridgehead atoms. The van der Waals surface area contributed by atoms with Crippen LogP contribution in [0.2, 0.25) is 0 Å². The Morgan fingerprint density at radius 2 is 1.51 bits per heavy atom. The van der Waals surface area contributed by atoms with Gasteiger partial charge in [0.25, 0.3) is 0 Å². The van der Waals surface area contributed by atoms with Gasteiger partial charge in [-0.05, 0) is 30.5 Å². The standard InChI is InChI=1S/C23H33F3N6O3/c24-23(25,26)35-19-8-6-17(7-9-19)16-29-22-31-20(18-4-2-1-3-5-18)30-21(32-22)28-11-13-34-15-14-33-12-10-27/h6-9,18H,1-5,10-16,27H2,(H2,28,29,30,31,32). The molecule has 3 rings (SSSR count). The van der Waals surface area contributed by atoms with Gasteiger partial charge in [0.2, 0.25) is 11.9 Å². The Labute approximate surface area is 203 Å². The Morgan fingerprint density at radius 1 is 0.857 bits per heavy atom. The minimum Gasteiger partial charge on any atom is -0.406 e. The lowest BCUT2D eigenvalue weighted by Crippen LogP contribution is -2.18. The fourth-order valence-electron chi connectivity index (χ4n) is 3.72. The predicted octanol–water partition coefficient (Wildman–Crippen LogP) is 3.83. The molecule has 194 valence electrons. The maximum Gasteiger partial charge on any atom is 0.573 e. The number of aromatic nitrogens is 3. The first-order valence-corrected chi connectivity index (χ1v) is 11.9. The van der Waals surface area contributed by atoms with Crippen molar-refractivity contribution >= 4 is 11.9 Å². The summed E-state index contributed by atoms with van der Waals surface area (Å²) in [4.78, 5) is 13.7. The topological polar surface area (TPSA) is 116 Å². The third-order valence-corrected chi connectivity index (χ3v) is 5.39. The van der Waals surface area contributed by atoms with Gasteiger partial charge >= 0.3 is 6.36 Å². The summed E-state index contributed by atoms with van der Waals surface area (Å²) in [5.41, 5.74) is 6.13. The maximum absolute atomic E-state index is 12.4. The number of nitrogens with two attached hydrogens (primary N) is 1. The molecule has 0 amide bonds. The van der Waals surface area contributed by atoms with Crippen LogP contribution in [0.15, 0.2) is 24.3 Å². The van der Waals surface area contributed by atoms with Gasteiger partial charge in [-0.2, -0.15) is 15.0 Å². The molecule has 12 heteroatoms. The zero-order valence-electron chi connectivity index (χ0n) is 19.6. The van der Waals surface area contributed by atoms with Crippen molar-refractivity contribution in [1.82, 2.24) is 15.0 Å². The van der Waals surface area contributed by atoms with E-state index in [1.54, 1.807) is 12.1 Å². The monoisotopic (exact) mass is 498 g/mol. The Kier molecular flexibility index (Phi) is 10.8. The Bertz CT molecular complexity index is 880. The molecule has 1 saturated carbocycles. The van der Waals surface area contributed by atoms with Crippen LogP contribution in [-0.2, 0) is 16.0 Å². The normalized spacial score (nSPS) is 14.6. The molecule has 1 aromatic carbocycles. The van der Waals surface area contributed by atoms with Crippen molar-refractivity contribution in [2.24, 2.45) is 5.73 Å². The lowest BCUT2D eigenvalue weighted by atomic mass is 9.89. The molecule has 0 atom stereocenters. The van der Waals surface area contributed by atoms with Gasteiger partial charge in [-0.1, -0.05) is 31.4 Å². The number of benzene rings is 1. The van der Waals surface area contributed by atoms with E-state index in [2.05, 4.69) is 30.3 Å². The molecule has 1 fully saturated rings. The van der Waals surface area contributed by atoms with Crippen molar-refractivity contribution in [3.05, 3.63) is 35.7 Å². The van der Waals surface area contributed by atoms with Crippen LogP contribution in [0.3, 0.4) is 0 Å². The summed E-state index contributed by atoms with van der Waals surface area (Å²) < 4.78 is 51.8. The third-order valence-electron chi connectivity index (χ3n) is 5.39. The molecule has 2 aromatic rings. The van der Waals surface area contributed by atoms with E-state index in [9.17, 15) is 13.2 Å². The van der Waals surface area contributed by atoms with E-state index < -0.39 is 6.36 Å². The van der Waals surface area contributed by atoms with Gasteiger partial charge in [0.15, 0.2) is 0 Å².